The van der Waals surface area contributed by atoms with Crippen molar-refractivity contribution in [2.45, 2.75) is 160 Å². The van der Waals surface area contributed by atoms with E-state index in [2.05, 4.69) is 6.92 Å². The van der Waals surface area contributed by atoms with Crippen LogP contribution in [0.1, 0.15) is 136 Å². The largest absolute Gasteiger partial charge is 0.472 e. The van der Waals surface area contributed by atoms with Crippen LogP contribution in [0, 0.1) is 0 Å². The molecule has 12 nitrogen and oxygen atoms in total. The fourth-order valence-electron chi connectivity index (χ4n) is 5.06. The van der Waals surface area contributed by atoms with Gasteiger partial charge in [-0.1, -0.05) is 152 Å². The van der Waals surface area contributed by atoms with Gasteiger partial charge in [-0.25, -0.2) is 4.57 Å². The van der Waals surface area contributed by atoms with Crippen molar-refractivity contribution >= 4 is 19.8 Å². The predicted octanol–water partition coefficient (Wildman–Crippen LogP) is 7.85. The number of aliphatic hydroxyl groups excluding tert-OH is 3. The first-order chi connectivity index (χ1) is 26.0. The molecule has 0 spiro atoms. The summed E-state index contributed by atoms with van der Waals surface area (Å²) in [6, 6.07) is 0. The highest BCUT2D eigenvalue weighted by Gasteiger charge is 2.26. The van der Waals surface area contributed by atoms with E-state index in [1.807, 2.05) is 6.92 Å². The standard InChI is InChI=1S/C41H72NO11P/c1-3-5-6-7-8-9-10-11-12-13-14-15-23-30-40(46)50-34-39(35-52-54(48,49)51-33-32-42)53-41(47)31-24-29-38(45)27-20-17-16-19-26-37(44)28-22-18-21-25-36(43)4-2/h16-22,25-27,36-39,43-45H,3-15,23-24,28-35,42H2,1-2H3,(H,48,49)/b17-16-,22-18-,25-21+,26-19+,27-20+. The summed E-state index contributed by atoms with van der Waals surface area (Å²) in [5, 5.41) is 29.7. The number of hydrogen-bond donors (Lipinski definition) is 5. The Hall–Kier alpha value is -2.41. The third-order valence-corrected chi connectivity index (χ3v) is 9.25. The van der Waals surface area contributed by atoms with Crippen LogP contribution in [0.2, 0.25) is 0 Å². The minimum absolute atomic E-state index is 0.00531. The molecule has 0 aromatic heterocycles. The lowest BCUT2D eigenvalue weighted by Crippen LogP contribution is -2.29. The molecule has 0 fully saturated rings. The number of hydrogen-bond acceptors (Lipinski definition) is 11. The van der Waals surface area contributed by atoms with Gasteiger partial charge in [0.15, 0.2) is 6.10 Å². The summed E-state index contributed by atoms with van der Waals surface area (Å²) in [5.74, 6) is -1.09. The molecule has 13 heteroatoms. The molecule has 0 bridgehead atoms. The summed E-state index contributed by atoms with van der Waals surface area (Å²) in [5.41, 5.74) is 5.32. The molecule has 0 aromatic carbocycles. The number of unbranched alkanes of at least 4 members (excludes halogenated alkanes) is 12. The first-order valence-electron chi connectivity index (χ1n) is 20.1. The minimum Gasteiger partial charge on any atom is -0.462 e. The fraction of sp³-hybridized carbons (Fsp3) is 0.707. The van der Waals surface area contributed by atoms with Crippen LogP contribution in [-0.2, 0) is 32.7 Å². The third kappa shape index (κ3) is 35.3. The maximum absolute atomic E-state index is 12.6. The number of rotatable bonds is 36. The van der Waals surface area contributed by atoms with Crippen LogP contribution in [0.25, 0.3) is 0 Å². The highest BCUT2D eigenvalue weighted by Crippen LogP contribution is 2.43. The maximum atomic E-state index is 12.6. The van der Waals surface area contributed by atoms with Gasteiger partial charge in [-0.3, -0.25) is 18.6 Å². The van der Waals surface area contributed by atoms with Gasteiger partial charge in [0.05, 0.1) is 31.5 Å². The lowest BCUT2D eigenvalue weighted by molar-refractivity contribution is -0.161. The summed E-state index contributed by atoms with van der Waals surface area (Å²) in [6.45, 7) is 3.04. The predicted molar refractivity (Wildman–Crippen MR) is 214 cm³/mol. The van der Waals surface area contributed by atoms with Crippen LogP contribution in [0.5, 0.6) is 0 Å². The number of carbonyl (C=O) groups is 2. The van der Waals surface area contributed by atoms with E-state index in [9.17, 15) is 34.4 Å². The molecule has 0 saturated heterocycles. The average molecular weight is 786 g/mol. The van der Waals surface area contributed by atoms with E-state index in [-0.39, 0.29) is 39.0 Å². The van der Waals surface area contributed by atoms with Gasteiger partial charge in [-0.05, 0) is 32.1 Å². The molecule has 0 aliphatic carbocycles. The van der Waals surface area contributed by atoms with Crippen molar-refractivity contribution in [1.29, 1.82) is 0 Å². The van der Waals surface area contributed by atoms with Gasteiger partial charge >= 0.3 is 19.8 Å². The smallest absolute Gasteiger partial charge is 0.462 e. The lowest BCUT2D eigenvalue weighted by atomic mass is 10.0. The second-order valence-corrected chi connectivity index (χ2v) is 14.8. The Morgan fingerprint density at radius 3 is 1.78 bits per heavy atom. The Bertz CT molecular complexity index is 1120. The van der Waals surface area contributed by atoms with Crippen molar-refractivity contribution in [3.05, 3.63) is 60.8 Å². The van der Waals surface area contributed by atoms with Gasteiger partial charge in [-0.2, -0.15) is 0 Å². The van der Waals surface area contributed by atoms with Crippen molar-refractivity contribution < 1.29 is 52.9 Å². The molecule has 0 amide bonds. The molecule has 0 aromatic rings. The molecule has 0 saturated carbocycles. The Balaban J connectivity index is 4.52. The molecule has 54 heavy (non-hydrogen) atoms. The first kappa shape index (κ1) is 51.6. The zero-order valence-electron chi connectivity index (χ0n) is 33.0. The maximum Gasteiger partial charge on any atom is 0.472 e. The number of phosphoric acid groups is 1. The Morgan fingerprint density at radius 1 is 0.648 bits per heavy atom. The topological polar surface area (TPSA) is 195 Å². The van der Waals surface area contributed by atoms with Crippen molar-refractivity contribution in [1.82, 2.24) is 0 Å². The van der Waals surface area contributed by atoms with Gasteiger partial charge in [-0.15, -0.1) is 0 Å². The highest BCUT2D eigenvalue weighted by molar-refractivity contribution is 7.47. The molecule has 0 aliphatic rings. The van der Waals surface area contributed by atoms with E-state index >= 15 is 0 Å². The van der Waals surface area contributed by atoms with Crippen LogP contribution in [0.4, 0.5) is 0 Å². The van der Waals surface area contributed by atoms with Gasteiger partial charge in [0, 0.05) is 19.4 Å². The van der Waals surface area contributed by atoms with Crippen LogP contribution in [0.3, 0.4) is 0 Å². The van der Waals surface area contributed by atoms with Crippen molar-refractivity contribution in [3.8, 4) is 0 Å². The second-order valence-electron chi connectivity index (χ2n) is 13.4. The monoisotopic (exact) mass is 785 g/mol. The Morgan fingerprint density at radius 2 is 1.19 bits per heavy atom. The number of esters is 2. The molecular formula is C41H72NO11P. The SMILES string of the molecule is CCCCCCCCCCCCCCCC(=O)OCC(COP(=O)(O)OCCN)OC(=O)CCCC(O)/C=C/C=C\C=C\C(O)C/C=C\C=C\C(O)CC. The van der Waals surface area contributed by atoms with Gasteiger partial charge in [0.2, 0.25) is 0 Å². The van der Waals surface area contributed by atoms with Crippen LogP contribution in [0.15, 0.2) is 60.8 Å². The third-order valence-electron chi connectivity index (χ3n) is 8.27. The Kier molecular flexibility index (Phi) is 34.6. The number of nitrogens with two attached hydrogens (primary N) is 1. The van der Waals surface area contributed by atoms with Gasteiger partial charge in [0.1, 0.15) is 6.61 Å². The summed E-state index contributed by atoms with van der Waals surface area (Å²) in [7, 11) is -4.45. The first-order valence-corrected chi connectivity index (χ1v) is 21.6. The van der Waals surface area contributed by atoms with Gasteiger partial charge in [0.25, 0.3) is 0 Å². The zero-order valence-corrected chi connectivity index (χ0v) is 33.9. The molecule has 5 unspecified atom stereocenters. The summed E-state index contributed by atoms with van der Waals surface area (Å²) < 4.78 is 32.5. The van der Waals surface area contributed by atoms with Crippen molar-refractivity contribution in [3.63, 3.8) is 0 Å². The molecular weight excluding hydrogens is 713 g/mol. The number of ether oxygens (including phenoxy) is 2. The quantitative estimate of drug-likeness (QED) is 0.0179. The molecule has 0 radical (unpaired) electrons. The number of carbonyl (C=O) groups excluding carboxylic acids is 2. The normalized spacial score (nSPS) is 15.8. The molecule has 0 rings (SSSR count). The summed E-state index contributed by atoms with van der Waals surface area (Å²) in [6.07, 6.45) is 31.2. The summed E-state index contributed by atoms with van der Waals surface area (Å²) in [4.78, 5) is 34.8. The van der Waals surface area contributed by atoms with Crippen LogP contribution in [-0.4, -0.2) is 82.9 Å². The highest BCUT2D eigenvalue weighted by atomic mass is 31.2. The van der Waals surface area contributed by atoms with Crippen LogP contribution < -0.4 is 5.73 Å². The minimum atomic E-state index is -4.45. The lowest BCUT2D eigenvalue weighted by Gasteiger charge is -2.20. The van der Waals surface area contributed by atoms with Crippen LogP contribution >= 0.6 is 7.82 Å². The van der Waals surface area contributed by atoms with E-state index < -0.39 is 50.8 Å². The molecule has 312 valence electrons. The van der Waals surface area contributed by atoms with E-state index in [0.29, 0.717) is 25.7 Å². The molecule has 6 N–H and O–H groups in total. The molecule has 0 heterocycles. The van der Waals surface area contributed by atoms with E-state index in [1.165, 1.54) is 57.8 Å². The average Bonchev–Trinajstić information content (AvgIpc) is 3.14. The zero-order chi connectivity index (χ0) is 40.1. The van der Waals surface area contributed by atoms with Crippen molar-refractivity contribution in [2.24, 2.45) is 5.73 Å². The number of aliphatic hydroxyl groups is 3. The summed E-state index contributed by atoms with van der Waals surface area (Å²) >= 11 is 0. The van der Waals surface area contributed by atoms with E-state index in [0.717, 1.165) is 19.3 Å². The van der Waals surface area contributed by atoms with Gasteiger partial charge < -0.3 is 35.4 Å². The molecule has 0 aliphatic heterocycles. The Labute approximate surface area is 325 Å². The van der Waals surface area contributed by atoms with E-state index in [4.69, 9.17) is 24.3 Å². The number of allylic oxidation sites excluding steroid dienone is 6. The second kappa shape index (κ2) is 36.2. The molecule has 5 atom stereocenters. The van der Waals surface area contributed by atoms with Crippen molar-refractivity contribution in [2.75, 3.05) is 26.4 Å². The number of phosphoric ester groups is 1. The fourth-order valence-corrected chi connectivity index (χ4v) is 5.82. The van der Waals surface area contributed by atoms with E-state index in [1.54, 1.807) is 60.8 Å².